The molecular formula is C20H21N5O. The zero-order valence-corrected chi connectivity index (χ0v) is 15.3. The zero-order valence-electron chi connectivity index (χ0n) is 15.3. The largest absolute Gasteiger partial charge is 0.361 e. The number of carbonyl (C=O) groups excluding carboxylic acids is 1. The Morgan fingerprint density at radius 3 is 2.85 bits per heavy atom. The van der Waals surface area contributed by atoms with Crippen LogP contribution in [0.25, 0.3) is 21.9 Å². The van der Waals surface area contributed by atoms with Crippen molar-refractivity contribution in [3.05, 3.63) is 53.5 Å². The average Bonchev–Trinajstić information content (AvgIpc) is 3.20. The number of carbonyl (C=O) groups is 1. The Labute approximate surface area is 151 Å². The van der Waals surface area contributed by atoms with Crippen LogP contribution in [0, 0.1) is 6.92 Å². The monoisotopic (exact) mass is 347 g/mol. The molecule has 0 spiro atoms. The van der Waals surface area contributed by atoms with Crippen LogP contribution < -0.4 is 5.32 Å². The van der Waals surface area contributed by atoms with Gasteiger partial charge in [-0.15, -0.1) is 0 Å². The molecule has 0 aliphatic heterocycles. The molecule has 2 N–H and O–H groups in total. The van der Waals surface area contributed by atoms with E-state index in [1.807, 2.05) is 50.5 Å². The van der Waals surface area contributed by atoms with Crippen molar-refractivity contribution in [3.63, 3.8) is 0 Å². The Kier molecular flexibility index (Phi) is 3.76. The molecule has 0 atom stereocenters. The normalized spacial score (nSPS) is 11.6. The Morgan fingerprint density at radius 1 is 1.27 bits per heavy atom. The number of pyridine rings is 1. The lowest BCUT2D eigenvalue weighted by molar-refractivity contribution is 0.102. The van der Waals surface area contributed by atoms with Crippen LogP contribution in [0.4, 0.5) is 5.69 Å². The van der Waals surface area contributed by atoms with Crippen molar-refractivity contribution in [3.8, 4) is 0 Å². The molecule has 1 amide bonds. The molecular weight excluding hydrogens is 326 g/mol. The summed E-state index contributed by atoms with van der Waals surface area (Å²) in [6.45, 7) is 6.04. The molecule has 0 bridgehead atoms. The van der Waals surface area contributed by atoms with Crippen LogP contribution in [0.15, 0.2) is 36.5 Å². The van der Waals surface area contributed by atoms with Crippen LogP contribution in [0.3, 0.4) is 0 Å². The Balaban J connectivity index is 1.85. The molecule has 132 valence electrons. The van der Waals surface area contributed by atoms with E-state index in [4.69, 9.17) is 4.98 Å². The number of aryl methyl sites for hydroxylation is 2. The fourth-order valence-electron chi connectivity index (χ4n) is 3.32. The summed E-state index contributed by atoms with van der Waals surface area (Å²) in [5.74, 6) is 0.0679. The lowest BCUT2D eigenvalue weighted by Gasteiger charge is -2.11. The van der Waals surface area contributed by atoms with Crippen LogP contribution in [0.1, 0.15) is 41.5 Å². The van der Waals surface area contributed by atoms with Crippen molar-refractivity contribution in [2.45, 2.75) is 26.7 Å². The third-order valence-electron chi connectivity index (χ3n) is 4.67. The van der Waals surface area contributed by atoms with Gasteiger partial charge in [-0.25, -0.2) is 4.98 Å². The van der Waals surface area contributed by atoms with E-state index < -0.39 is 0 Å². The number of hydrogen-bond donors (Lipinski definition) is 2. The fraction of sp³-hybridized carbons (Fsp3) is 0.250. The predicted octanol–water partition coefficient (Wildman–Crippen LogP) is 4.13. The van der Waals surface area contributed by atoms with Crippen molar-refractivity contribution in [1.82, 2.24) is 19.7 Å². The van der Waals surface area contributed by atoms with Gasteiger partial charge in [-0.1, -0.05) is 19.9 Å². The van der Waals surface area contributed by atoms with Crippen LogP contribution >= 0.6 is 0 Å². The second-order valence-corrected chi connectivity index (χ2v) is 6.86. The van der Waals surface area contributed by atoms with Gasteiger partial charge in [-0.2, -0.15) is 5.10 Å². The topological polar surface area (TPSA) is 75.6 Å². The molecule has 6 nitrogen and oxygen atoms in total. The standard InChI is InChI=1S/C20H21N5O/c1-11(2)17-10-14(18-12(3)24-25(4)19(18)22-17)20(26)23-16-7-5-6-15-13(16)8-9-21-15/h5-11,21H,1-4H3,(H,23,26). The SMILES string of the molecule is Cc1nn(C)c2nc(C(C)C)cc(C(=O)Nc3cccc4[nH]ccc34)c12. The smallest absolute Gasteiger partial charge is 0.256 e. The molecule has 4 rings (SSSR count). The highest BCUT2D eigenvalue weighted by atomic mass is 16.1. The fourth-order valence-corrected chi connectivity index (χ4v) is 3.32. The summed E-state index contributed by atoms with van der Waals surface area (Å²) in [4.78, 5) is 21.0. The highest BCUT2D eigenvalue weighted by molar-refractivity contribution is 6.15. The molecule has 0 saturated carbocycles. The first kappa shape index (κ1) is 16.3. The third-order valence-corrected chi connectivity index (χ3v) is 4.67. The van der Waals surface area contributed by atoms with Gasteiger partial charge in [0, 0.05) is 29.8 Å². The minimum absolute atomic E-state index is 0.149. The van der Waals surface area contributed by atoms with Crippen molar-refractivity contribution < 1.29 is 4.79 Å². The maximum absolute atomic E-state index is 13.1. The first-order valence-electron chi connectivity index (χ1n) is 8.67. The van der Waals surface area contributed by atoms with Gasteiger partial charge < -0.3 is 10.3 Å². The number of rotatable bonds is 3. The van der Waals surface area contributed by atoms with E-state index in [0.717, 1.165) is 39.0 Å². The summed E-state index contributed by atoms with van der Waals surface area (Å²) in [6, 6.07) is 9.66. The van der Waals surface area contributed by atoms with E-state index in [9.17, 15) is 4.79 Å². The van der Waals surface area contributed by atoms with Gasteiger partial charge in [-0.3, -0.25) is 9.48 Å². The van der Waals surface area contributed by atoms with Crippen molar-refractivity contribution in [1.29, 1.82) is 0 Å². The Morgan fingerprint density at radius 2 is 2.08 bits per heavy atom. The number of nitrogens with zero attached hydrogens (tertiary/aromatic N) is 3. The number of hydrogen-bond acceptors (Lipinski definition) is 3. The number of aromatic nitrogens is 4. The first-order chi connectivity index (χ1) is 12.5. The van der Waals surface area contributed by atoms with E-state index in [1.165, 1.54) is 0 Å². The summed E-state index contributed by atoms with van der Waals surface area (Å²) in [5, 5.41) is 9.30. The van der Waals surface area contributed by atoms with Crippen LogP contribution in [-0.2, 0) is 7.05 Å². The number of fused-ring (bicyclic) bond motifs is 2. The predicted molar refractivity (Wildman–Crippen MR) is 104 cm³/mol. The van der Waals surface area contributed by atoms with E-state index in [-0.39, 0.29) is 11.8 Å². The zero-order chi connectivity index (χ0) is 18.4. The maximum atomic E-state index is 13.1. The van der Waals surface area contributed by atoms with Gasteiger partial charge in [0.2, 0.25) is 0 Å². The quantitative estimate of drug-likeness (QED) is 0.585. The van der Waals surface area contributed by atoms with E-state index in [2.05, 4.69) is 29.2 Å². The lowest BCUT2D eigenvalue weighted by Crippen LogP contribution is -2.14. The highest BCUT2D eigenvalue weighted by Crippen LogP contribution is 2.27. The van der Waals surface area contributed by atoms with E-state index in [0.29, 0.717) is 5.56 Å². The van der Waals surface area contributed by atoms with Crippen LogP contribution in [-0.4, -0.2) is 25.7 Å². The summed E-state index contributed by atoms with van der Waals surface area (Å²) in [5.41, 5.74) is 4.80. The van der Waals surface area contributed by atoms with Gasteiger partial charge in [0.25, 0.3) is 5.91 Å². The van der Waals surface area contributed by atoms with Gasteiger partial charge in [-0.05, 0) is 37.1 Å². The number of benzene rings is 1. The molecule has 3 heterocycles. The van der Waals surface area contributed by atoms with Gasteiger partial charge in [0.15, 0.2) is 5.65 Å². The van der Waals surface area contributed by atoms with Crippen LogP contribution in [0.2, 0.25) is 0 Å². The third kappa shape index (κ3) is 2.54. The summed E-state index contributed by atoms with van der Waals surface area (Å²) < 4.78 is 1.74. The molecule has 6 heteroatoms. The molecule has 0 aliphatic carbocycles. The molecule has 0 fully saturated rings. The first-order valence-corrected chi connectivity index (χ1v) is 8.67. The molecule has 0 unspecified atom stereocenters. The number of amides is 1. The second kappa shape index (κ2) is 5.98. The molecule has 0 aliphatic rings. The van der Waals surface area contributed by atoms with Crippen molar-refractivity contribution >= 4 is 33.5 Å². The molecule has 0 radical (unpaired) electrons. The van der Waals surface area contributed by atoms with Crippen molar-refractivity contribution in [2.24, 2.45) is 7.05 Å². The van der Waals surface area contributed by atoms with Gasteiger partial charge in [0.05, 0.1) is 22.3 Å². The lowest BCUT2D eigenvalue weighted by atomic mass is 10.0. The van der Waals surface area contributed by atoms with E-state index >= 15 is 0 Å². The van der Waals surface area contributed by atoms with Gasteiger partial charge in [0.1, 0.15) is 0 Å². The minimum Gasteiger partial charge on any atom is -0.361 e. The summed E-state index contributed by atoms with van der Waals surface area (Å²) >= 11 is 0. The molecule has 0 saturated heterocycles. The van der Waals surface area contributed by atoms with Crippen LogP contribution in [0.5, 0.6) is 0 Å². The number of aromatic amines is 1. The average molecular weight is 347 g/mol. The number of anilines is 1. The molecule has 1 aromatic carbocycles. The number of nitrogens with one attached hydrogen (secondary N) is 2. The molecule has 26 heavy (non-hydrogen) atoms. The Bertz CT molecular complexity index is 1140. The molecule has 3 aromatic heterocycles. The minimum atomic E-state index is -0.149. The van der Waals surface area contributed by atoms with Crippen molar-refractivity contribution in [2.75, 3.05) is 5.32 Å². The Hall–Kier alpha value is -3.15. The summed E-state index contributed by atoms with van der Waals surface area (Å²) in [7, 11) is 1.86. The maximum Gasteiger partial charge on any atom is 0.256 e. The number of H-pyrrole nitrogens is 1. The summed E-state index contributed by atoms with van der Waals surface area (Å²) in [6.07, 6.45) is 1.87. The van der Waals surface area contributed by atoms with E-state index in [1.54, 1.807) is 4.68 Å². The molecule has 4 aromatic rings. The van der Waals surface area contributed by atoms with Gasteiger partial charge >= 0.3 is 0 Å². The highest BCUT2D eigenvalue weighted by Gasteiger charge is 2.20. The second-order valence-electron chi connectivity index (χ2n) is 6.86.